The van der Waals surface area contributed by atoms with E-state index in [-0.39, 0.29) is 11.9 Å². The molecule has 0 spiro atoms. The molecule has 0 saturated heterocycles. The van der Waals surface area contributed by atoms with E-state index in [2.05, 4.69) is 29.6 Å². The van der Waals surface area contributed by atoms with Gasteiger partial charge in [0.05, 0.1) is 6.04 Å². The van der Waals surface area contributed by atoms with Crippen molar-refractivity contribution in [1.29, 1.82) is 0 Å². The second-order valence-corrected chi connectivity index (χ2v) is 6.42. The Kier molecular flexibility index (Phi) is 3.23. The molecule has 0 radical (unpaired) electrons. The molecule has 4 rings (SSSR count). The van der Waals surface area contributed by atoms with Crippen molar-refractivity contribution in [2.45, 2.75) is 30.8 Å². The minimum atomic E-state index is -0.473. The first-order valence-corrected chi connectivity index (χ1v) is 7.92. The molecule has 2 aromatic rings. The monoisotopic (exact) mass is 292 g/mol. The van der Waals surface area contributed by atoms with Gasteiger partial charge in [0, 0.05) is 12.0 Å². The van der Waals surface area contributed by atoms with E-state index in [0.717, 1.165) is 12.0 Å². The molecule has 1 amide bonds. The SMILES string of the molecule is N[C@@H](Cc1ccccc1)C(=O)NC1C2Cc3ccccc3C21. The molecule has 1 fully saturated rings. The molecule has 0 aromatic heterocycles. The van der Waals surface area contributed by atoms with E-state index < -0.39 is 6.04 Å². The zero-order valence-electron chi connectivity index (χ0n) is 12.4. The van der Waals surface area contributed by atoms with Gasteiger partial charge in [0.25, 0.3) is 0 Å². The normalized spacial score (nSPS) is 26.0. The Morgan fingerprint density at radius 2 is 1.86 bits per heavy atom. The van der Waals surface area contributed by atoms with Crippen LogP contribution in [0.3, 0.4) is 0 Å². The van der Waals surface area contributed by atoms with E-state index in [1.54, 1.807) is 0 Å². The Bertz CT molecular complexity index is 698. The van der Waals surface area contributed by atoms with E-state index in [9.17, 15) is 4.79 Å². The fourth-order valence-electron chi connectivity index (χ4n) is 3.78. The first-order chi connectivity index (χ1) is 10.7. The third kappa shape index (κ3) is 2.32. The van der Waals surface area contributed by atoms with Gasteiger partial charge in [-0.3, -0.25) is 4.79 Å². The van der Waals surface area contributed by atoms with Gasteiger partial charge in [-0.15, -0.1) is 0 Å². The lowest BCUT2D eigenvalue weighted by Gasteiger charge is -2.14. The van der Waals surface area contributed by atoms with Crippen molar-refractivity contribution in [1.82, 2.24) is 5.32 Å². The molecule has 3 nitrogen and oxygen atoms in total. The summed E-state index contributed by atoms with van der Waals surface area (Å²) in [5.74, 6) is 1.05. The highest BCUT2D eigenvalue weighted by molar-refractivity contribution is 5.83. The zero-order chi connectivity index (χ0) is 15.1. The average molecular weight is 292 g/mol. The molecule has 0 aliphatic heterocycles. The number of carbonyl (C=O) groups excluding carboxylic acids is 1. The summed E-state index contributed by atoms with van der Waals surface area (Å²) in [7, 11) is 0. The van der Waals surface area contributed by atoms with Crippen LogP contribution in [0.5, 0.6) is 0 Å². The first kappa shape index (κ1) is 13.5. The standard InChI is InChI=1S/C19H20N2O/c20-16(10-12-6-2-1-3-7-12)19(22)21-18-15-11-13-8-4-5-9-14(13)17(15)18/h1-9,15-18H,10-11,20H2,(H,21,22)/t15?,16-,17?,18?/m0/s1. The Labute approximate surface area is 130 Å². The van der Waals surface area contributed by atoms with E-state index in [1.807, 2.05) is 30.3 Å². The van der Waals surface area contributed by atoms with Crippen molar-refractivity contribution in [3.8, 4) is 0 Å². The predicted molar refractivity (Wildman–Crippen MR) is 86.4 cm³/mol. The number of fused-ring (bicyclic) bond motifs is 3. The lowest BCUT2D eigenvalue weighted by Crippen LogP contribution is -2.43. The highest BCUT2D eigenvalue weighted by atomic mass is 16.2. The molecule has 3 heteroatoms. The molecule has 2 aliphatic carbocycles. The molecule has 112 valence electrons. The average Bonchev–Trinajstić information content (AvgIpc) is 3.05. The van der Waals surface area contributed by atoms with Gasteiger partial charge >= 0.3 is 0 Å². The number of benzene rings is 2. The van der Waals surface area contributed by atoms with Crippen LogP contribution >= 0.6 is 0 Å². The number of hydrogen-bond donors (Lipinski definition) is 2. The highest BCUT2D eigenvalue weighted by Crippen LogP contribution is 2.56. The fourth-order valence-corrected chi connectivity index (χ4v) is 3.78. The molecule has 22 heavy (non-hydrogen) atoms. The van der Waals surface area contributed by atoms with Crippen LogP contribution in [0.4, 0.5) is 0 Å². The number of nitrogens with one attached hydrogen (secondary N) is 1. The Morgan fingerprint density at radius 3 is 2.68 bits per heavy atom. The molecule has 3 unspecified atom stereocenters. The molecule has 0 heterocycles. The summed E-state index contributed by atoms with van der Waals surface area (Å²) >= 11 is 0. The van der Waals surface area contributed by atoms with Crippen LogP contribution in [0.1, 0.15) is 22.6 Å². The molecule has 2 aliphatic rings. The molecule has 3 N–H and O–H groups in total. The van der Waals surface area contributed by atoms with Gasteiger partial charge in [-0.05, 0) is 35.4 Å². The Hall–Kier alpha value is -2.13. The number of hydrogen-bond acceptors (Lipinski definition) is 2. The number of rotatable bonds is 4. The first-order valence-electron chi connectivity index (χ1n) is 7.92. The highest BCUT2D eigenvalue weighted by Gasteiger charge is 2.56. The molecule has 1 saturated carbocycles. The summed E-state index contributed by atoms with van der Waals surface area (Å²) in [5.41, 5.74) is 10.0. The van der Waals surface area contributed by atoms with Crippen LogP contribution in [0.15, 0.2) is 54.6 Å². The number of amides is 1. The van der Waals surface area contributed by atoms with Crippen LogP contribution in [0.25, 0.3) is 0 Å². The van der Waals surface area contributed by atoms with Crippen molar-refractivity contribution < 1.29 is 4.79 Å². The van der Waals surface area contributed by atoms with Crippen molar-refractivity contribution >= 4 is 5.91 Å². The largest absolute Gasteiger partial charge is 0.351 e. The van der Waals surface area contributed by atoms with Crippen LogP contribution in [0.2, 0.25) is 0 Å². The minimum Gasteiger partial charge on any atom is -0.351 e. The number of nitrogens with two attached hydrogens (primary N) is 1. The second kappa shape index (κ2) is 5.25. The maximum atomic E-state index is 12.3. The topological polar surface area (TPSA) is 55.1 Å². The van der Waals surface area contributed by atoms with Crippen LogP contribution in [-0.4, -0.2) is 18.0 Å². The van der Waals surface area contributed by atoms with Crippen molar-refractivity contribution in [3.63, 3.8) is 0 Å². The Morgan fingerprint density at radius 1 is 1.14 bits per heavy atom. The zero-order valence-corrected chi connectivity index (χ0v) is 12.4. The van der Waals surface area contributed by atoms with Gasteiger partial charge in [0.2, 0.25) is 5.91 Å². The predicted octanol–water partition coefficient (Wildman–Crippen LogP) is 2.01. The maximum Gasteiger partial charge on any atom is 0.237 e. The van der Waals surface area contributed by atoms with Gasteiger partial charge in [0.1, 0.15) is 0 Å². The summed E-state index contributed by atoms with van der Waals surface area (Å²) < 4.78 is 0. The summed E-state index contributed by atoms with van der Waals surface area (Å²) in [4.78, 5) is 12.3. The third-order valence-electron chi connectivity index (χ3n) is 4.98. The van der Waals surface area contributed by atoms with Gasteiger partial charge in [0.15, 0.2) is 0 Å². The van der Waals surface area contributed by atoms with Crippen molar-refractivity contribution in [2.75, 3.05) is 0 Å². The fraction of sp³-hybridized carbons (Fsp3) is 0.316. The summed E-state index contributed by atoms with van der Waals surface area (Å²) in [6.45, 7) is 0. The van der Waals surface area contributed by atoms with Gasteiger partial charge < -0.3 is 11.1 Å². The summed E-state index contributed by atoms with van der Waals surface area (Å²) in [5, 5.41) is 3.15. The van der Waals surface area contributed by atoms with E-state index in [4.69, 9.17) is 5.73 Å². The molecular weight excluding hydrogens is 272 g/mol. The van der Waals surface area contributed by atoms with Gasteiger partial charge in [-0.1, -0.05) is 54.6 Å². The van der Waals surface area contributed by atoms with Crippen molar-refractivity contribution in [2.24, 2.45) is 11.7 Å². The van der Waals surface area contributed by atoms with Crippen LogP contribution in [0, 0.1) is 5.92 Å². The van der Waals surface area contributed by atoms with Crippen LogP contribution in [-0.2, 0) is 17.6 Å². The molecule has 4 atom stereocenters. The second-order valence-electron chi connectivity index (χ2n) is 6.42. The maximum absolute atomic E-state index is 12.3. The lowest BCUT2D eigenvalue weighted by atomic mass is 10.0. The van der Waals surface area contributed by atoms with Gasteiger partial charge in [-0.25, -0.2) is 0 Å². The number of carbonyl (C=O) groups is 1. The molecule has 2 aromatic carbocycles. The van der Waals surface area contributed by atoms with E-state index >= 15 is 0 Å². The molecule has 0 bridgehead atoms. The molecular formula is C19H20N2O. The van der Waals surface area contributed by atoms with E-state index in [0.29, 0.717) is 18.3 Å². The van der Waals surface area contributed by atoms with Crippen LogP contribution < -0.4 is 11.1 Å². The smallest absolute Gasteiger partial charge is 0.237 e. The summed E-state index contributed by atoms with van der Waals surface area (Å²) in [6, 6.07) is 18.3. The Balaban J connectivity index is 1.37. The third-order valence-corrected chi connectivity index (χ3v) is 4.98. The summed E-state index contributed by atoms with van der Waals surface area (Å²) in [6.07, 6.45) is 1.67. The van der Waals surface area contributed by atoms with Gasteiger partial charge in [-0.2, -0.15) is 0 Å². The quantitative estimate of drug-likeness (QED) is 0.905. The minimum absolute atomic E-state index is 0.0271. The van der Waals surface area contributed by atoms with Crippen molar-refractivity contribution in [3.05, 3.63) is 71.3 Å². The lowest BCUT2D eigenvalue weighted by molar-refractivity contribution is -0.122. The van der Waals surface area contributed by atoms with E-state index in [1.165, 1.54) is 11.1 Å².